The number of fused-ring (bicyclic) bond motifs is 1. The fraction of sp³-hybridized carbons (Fsp3) is 0.353. The maximum Gasteiger partial charge on any atom is 0.416 e. The first-order chi connectivity index (χ1) is 22.4. The number of benzene rings is 3. The second-order valence-corrected chi connectivity index (χ2v) is 11.9. The van der Waals surface area contributed by atoms with Crippen molar-refractivity contribution < 1.29 is 37.3 Å². The fourth-order valence-corrected chi connectivity index (χ4v) is 6.08. The van der Waals surface area contributed by atoms with Crippen molar-refractivity contribution in [1.82, 2.24) is 14.8 Å². The third-order valence-corrected chi connectivity index (χ3v) is 8.62. The molecule has 248 valence electrons. The zero-order valence-corrected chi connectivity index (χ0v) is 26.6. The van der Waals surface area contributed by atoms with Gasteiger partial charge in [-0.2, -0.15) is 18.3 Å². The average molecular weight is 671 g/mol. The number of nitrogens with zero attached hydrogens (tertiary/aromatic N) is 4. The summed E-state index contributed by atoms with van der Waals surface area (Å²) in [4.78, 5) is 31.6. The summed E-state index contributed by atoms with van der Waals surface area (Å²) in [5.41, 5.74) is 2.47. The Balaban J connectivity index is 1.53. The van der Waals surface area contributed by atoms with E-state index >= 15 is 0 Å². The highest BCUT2D eigenvalue weighted by molar-refractivity contribution is 6.30. The highest BCUT2D eigenvalue weighted by atomic mass is 35.5. The van der Waals surface area contributed by atoms with Gasteiger partial charge in [-0.1, -0.05) is 23.7 Å². The number of likely N-dealkylation sites (N-methyl/N-ethyl adjacent to an activating group) is 1. The third kappa shape index (κ3) is 8.05. The molecule has 0 radical (unpaired) electrons. The number of ether oxygens (including phenoxy) is 2. The topological polar surface area (TPSA) is 107 Å². The molecule has 0 bridgehead atoms. The number of aromatic nitrogens is 3. The molecule has 0 fully saturated rings. The van der Waals surface area contributed by atoms with Crippen molar-refractivity contribution in [2.45, 2.75) is 50.7 Å². The second-order valence-electron chi connectivity index (χ2n) is 11.4. The standard InChI is InChI=1S/C34H34ClF3N4O5/c1-41(26-16-27(18-28(17-26)46-2)42-20-39-19-40-42)32(29-12-11-25(35)15-30(29)47-13-3-4-31(43)44)33(45)22-6-5-21-9-10-24(34(36,37)38)14-23(21)8-7-22/h9-12,14-20,22,32H,3-8,13H2,1-2H3,(H,43,44). The molecule has 4 aromatic rings. The summed E-state index contributed by atoms with van der Waals surface area (Å²) in [6, 6.07) is 13.3. The van der Waals surface area contributed by atoms with Gasteiger partial charge in [-0.15, -0.1) is 0 Å². The summed E-state index contributed by atoms with van der Waals surface area (Å²) in [5, 5.41) is 13.7. The molecule has 0 aliphatic heterocycles. The summed E-state index contributed by atoms with van der Waals surface area (Å²) in [7, 11) is 3.30. The maximum absolute atomic E-state index is 14.7. The number of carbonyl (C=O) groups is 2. The minimum Gasteiger partial charge on any atom is -0.497 e. The first-order valence-electron chi connectivity index (χ1n) is 15.1. The van der Waals surface area contributed by atoms with Gasteiger partial charge in [-0.3, -0.25) is 9.59 Å². The normalized spacial score (nSPS) is 15.3. The van der Waals surface area contributed by atoms with Crippen LogP contribution in [0.2, 0.25) is 5.02 Å². The molecule has 3 aromatic carbocycles. The van der Waals surface area contributed by atoms with Gasteiger partial charge in [0.1, 0.15) is 30.2 Å². The molecular formula is C34H34ClF3N4O5. The molecule has 1 N–H and O–H groups in total. The van der Waals surface area contributed by atoms with Crippen LogP contribution >= 0.6 is 11.6 Å². The van der Waals surface area contributed by atoms with Crippen LogP contribution in [-0.2, 0) is 28.6 Å². The lowest BCUT2D eigenvalue weighted by Crippen LogP contribution is -2.35. The molecule has 1 aliphatic carbocycles. The minimum atomic E-state index is -4.46. The average Bonchev–Trinajstić information content (AvgIpc) is 3.50. The van der Waals surface area contributed by atoms with E-state index in [-0.39, 0.29) is 25.2 Å². The number of anilines is 1. The number of Topliss-reactive ketones (excluding diaryl/α,β-unsaturated/α-hetero) is 1. The quantitative estimate of drug-likeness (QED) is 0.125. The zero-order valence-electron chi connectivity index (χ0n) is 25.8. The van der Waals surface area contributed by atoms with Crippen LogP contribution in [0.25, 0.3) is 5.69 Å². The molecule has 9 nitrogen and oxygen atoms in total. The van der Waals surface area contributed by atoms with Crippen molar-refractivity contribution in [3.8, 4) is 17.2 Å². The number of hydrogen-bond acceptors (Lipinski definition) is 7. The Hall–Kier alpha value is -4.58. The van der Waals surface area contributed by atoms with E-state index in [4.69, 9.17) is 26.2 Å². The monoisotopic (exact) mass is 670 g/mol. The minimum absolute atomic E-state index is 0.0835. The van der Waals surface area contributed by atoms with E-state index < -0.39 is 29.7 Å². The van der Waals surface area contributed by atoms with Crippen LogP contribution < -0.4 is 14.4 Å². The second kappa shape index (κ2) is 14.5. The largest absolute Gasteiger partial charge is 0.497 e. The first-order valence-corrected chi connectivity index (χ1v) is 15.5. The summed E-state index contributed by atoms with van der Waals surface area (Å²) in [6.45, 7) is 0.0835. The molecule has 1 aliphatic rings. The number of methoxy groups -OCH3 is 1. The van der Waals surface area contributed by atoms with Crippen molar-refractivity contribution in [2.24, 2.45) is 5.92 Å². The highest BCUT2D eigenvalue weighted by Gasteiger charge is 2.36. The van der Waals surface area contributed by atoms with Gasteiger partial charge >= 0.3 is 12.1 Å². The number of carboxylic acid groups (broad SMARTS) is 1. The van der Waals surface area contributed by atoms with Crippen molar-refractivity contribution in [1.29, 1.82) is 0 Å². The zero-order chi connectivity index (χ0) is 33.7. The lowest BCUT2D eigenvalue weighted by atomic mass is 9.86. The summed E-state index contributed by atoms with van der Waals surface area (Å²) in [6.07, 6.45) is 0.223. The van der Waals surface area contributed by atoms with Crippen molar-refractivity contribution in [2.75, 3.05) is 25.7 Å². The number of carboxylic acids is 1. The molecule has 1 aromatic heterocycles. The lowest BCUT2D eigenvalue weighted by Gasteiger charge is -2.33. The van der Waals surface area contributed by atoms with E-state index in [0.717, 1.165) is 11.6 Å². The van der Waals surface area contributed by atoms with E-state index in [0.29, 0.717) is 64.7 Å². The van der Waals surface area contributed by atoms with Crippen molar-refractivity contribution in [3.63, 3.8) is 0 Å². The van der Waals surface area contributed by atoms with Crippen LogP contribution in [0.15, 0.2) is 67.3 Å². The summed E-state index contributed by atoms with van der Waals surface area (Å²) >= 11 is 6.36. The van der Waals surface area contributed by atoms with Gasteiger partial charge in [0.25, 0.3) is 0 Å². The fourth-order valence-electron chi connectivity index (χ4n) is 5.92. The van der Waals surface area contributed by atoms with Crippen molar-refractivity contribution in [3.05, 3.63) is 94.5 Å². The van der Waals surface area contributed by atoms with E-state index in [1.165, 1.54) is 31.9 Å². The highest BCUT2D eigenvalue weighted by Crippen LogP contribution is 2.40. The number of hydrogen-bond donors (Lipinski definition) is 1. The lowest BCUT2D eigenvalue weighted by molar-refractivity contribution is -0.138. The van der Waals surface area contributed by atoms with Crippen LogP contribution in [0, 0.1) is 5.92 Å². The molecule has 0 spiro atoms. The van der Waals surface area contributed by atoms with E-state index in [9.17, 15) is 22.8 Å². The molecule has 13 heteroatoms. The van der Waals surface area contributed by atoms with Crippen LogP contribution in [0.5, 0.6) is 11.5 Å². The Morgan fingerprint density at radius 2 is 1.85 bits per heavy atom. The van der Waals surface area contributed by atoms with Crippen molar-refractivity contribution >= 4 is 29.0 Å². The molecule has 5 rings (SSSR count). The van der Waals surface area contributed by atoms with Gasteiger partial charge in [-0.05, 0) is 73.6 Å². The molecule has 47 heavy (non-hydrogen) atoms. The number of alkyl halides is 3. The van der Waals surface area contributed by atoms with E-state index in [1.54, 1.807) is 47.0 Å². The number of aliphatic carboxylic acids is 1. The maximum atomic E-state index is 14.7. The van der Waals surface area contributed by atoms with Crippen LogP contribution in [0.1, 0.15) is 54.0 Å². The smallest absolute Gasteiger partial charge is 0.416 e. The Morgan fingerprint density at radius 3 is 2.53 bits per heavy atom. The summed E-state index contributed by atoms with van der Waals surface area (Å²) in [5.74, 6) is -0.734. The molecule has 2 unspecified atom stereocenters. The predicted molar refractivity (Wildman–Crippen MR) is 169 cm³/mol. The van der Waals surface area contributed by atoms with Crippen LogP contribution in [0.3, 0.4) is 0 Å². The Bertz CT molecular complexity index is 1730. The van der Waals surface area contributed by atoms with Gasteiger partial charge in [0.15, 0.2) is 5.78 Å². The molecule has 2 atom stereocenters. The summed E-state index contributed by atoms with van der Waals surface area (Å²) < 4.78 is 53.6. The molecular weight excluding hydrogens is 637 g/mol. The number of ketones is 1. The Labute approximate surface area is 274 Å². The number of carbonyl (C=O) groups excluding carboxylic acids is 1. The van der Waals surface area contributed by atoms with Gasteiger partial charge in [-0.25, -0.2) is 9.67 Å². The van der Waals surface area contributed by atoms with Gasteiger partial charge in [0.05, 0.1) is 25.0 Å². The Morgan fingerprint density at radius 1 is 1.09 bits per heavy atom. The molecule has 0 saturated carbocycles. The number of rotatable bonds is 12. The van der Waals surface area contributed by atoms with E-state index in [1.807, 2.05) is 6.07 Å². The molecule has 0 saturated heterocycles. The van der Waals surface area contributed by atoms with Gasteiger partial charge < -0.3 is 19.5 Å². The van der Waals surface area contributed by atoms with Crippen LogP contribution in [-0.4, -0.2) is 52.4 Å². The van der Waals surface area contributed by atoms with Crippen LogP contribution in [0.4, 0.5) is 18.9 Å². The Kier molecular flexibility index (Phi) is 10.4. The number of aryl methyl sites for hydroxylation is 2. The van der Waals surface area contributed by atoms with Gasteiger partial charge in [0, 0.05) is 47.8 Å². The number of halogens is 4. The first kappa shape index (κ1) is 33.8. The molecule has 1 heterocycles. The SMILES string of the molecule is COc1cc(N(C)C(C(=O)C2CCc3ccc(C(F)(F)F)cc3CC2)c2ccc(Cl)cc2OCCCC(=O)O)cc(-n2cncn2)c1. The van der Waals surface area contributed by atoms with E-state index in [2.05, 4.69) is 10.1 Å². The molecule has 0 amide bonds. The predicted octanol–water partition coefficient (Wildman–Crippen LogP) is 7.13. The van der Waals surface area contributed by atoms with Gasteiger partial charge in [0.2, 0.25) is 0 Å². The third-order valence-electron chi connectivity index (χ3n) is 8.38.